The zero-order valence-corrected chi connectivity index (χ0v) is 11.2. The number of nitrogens with two attached hydrogens (primary N) is 2. The quantitative estimate of drug-likeness (QED) is 0.486. The van der Waals surface area contributed by atoms with Gasteiger partial charge in [-0.3, -0.25) is 10.1 Å². The van der Waals surface area contributed by atoms with E-state index in [4.69, 9.17) is 23.1 Å². The van der Waals surface area contributed by atoms with Gasteiger partial charge in [-0.05, 0) is 17.5 Å². The van der Waals surface area contributed by atoms with Crippen LogP contribution in [0.15, 0.2) is 35.4 Å². The van der Waals surface area contributed by atoms with Gasteiger partial charge in [-0.25, -0.2) is 4.79 Å². The minimum Gasteiger partial charge on any atom is -0.366 e. The Bertz CT molecular complexity index is 582. The molecular formula is C11H11ClN4O2S. The van der Waals surface area contributed by atoms with Gasteiger partial charge >= 0.3 is 6.03 Å². The molecule has 19 heavy (non-hydrogen) atoms. The van der Waals surface area contributed by atoms with Crippen LogP contribution in [-0.2, 0) is 4.79 Å². The molecule has 0 saturated carbocycles. The summed E-state index contributed by atoms with van der Waals surface area (Å²) in [6, 6.07) is 2.74. The molecule has 100 valence electrons. The Hall–Kier alpha value is -1.99. The monoisotopic (exact) mass is 298 g/mol. The van der Waals surface area contributed by atoms with Crippen LogP contribution in [0, 0.1) is 0 Å². The Labute approximate surface area is 118 Å². The molecule has 0 fully saturated rings. The Morgan fingerprint density at radius 2 is 2.16 bits per heavy atom. The zero-order valence-electron chi connectivity index (χ0n) is 9.64. The number of alkyl halides is 1. The zero-order chi connectivity index (χ0) is 14.0. The molecule has 0 aromatic carbocycles. The summed E-state index contributed by atoms with van der Waals surface area (Å²) in [6.45, 7) is 0. The van der Waals surface area contributed by atoms with Crippen molar-refractivity contribution < 1.29 is 9.59 Å². The third-order valence-electron chi connectivity index (χ3n) is 2.47. The fraction of sp³-hybridized carbons (Fsp3) is 0.0909. The number of primary amides is 2. The maximum atomic E-state index is 11.5. The molecular weight excluding hydrogens is 288 g/mol. The van der Waals surface area contributed by atoms with E-state index in [1.54, 1.807) is 12.1 Å². The average Bonchev–Trinajstić information content (AvgIpc) is 2.79. The molecule has 6 nitrogen and oxygen atoms in total. The number of hydrogen-bond donors (Lipinski definition) is 4. The first-order valence-electron chi connectivity index (χ1n) is 5.23. The number of carbonyl (C=O) groups excluding carboxylic acids is 2. The maximum absolute atomic E-state index is 11.5. The maximum Gasteiger partial charge on any atom is 0.315 e. The lowest BCUT2D eigenvalue weighted by molar-refractivity contribution is -0.114. The molecule has 3 amide bonds. The predicted octanol–water partition coefficient (Wildman–Crippen LogP) is 0.665. The van der Waals surface area contributed by atoms with Crippen molar-refractivity contribution in [2.45, 2.75) is 5.12 Å². The first-order chi connectivity index (χ1) is 8.94. The van der Waals surface area contributed by atoms with E-state index in [0.29, 0.717) is 10.5 Å². The molecule has 1 aromatic heterocycles. The van der Waals surface area contributed by atoms with Gasteiger partial charge in [0.15, 0.2) is 0 Å². The normalized spacial score (nSPS) is 21.9. The van der Waals surface area contributed by atoms with Crippen molar-refractivity contribution in [3.63, 3.8) is 0 Å². The summed E-state index contributed by atoms with van der Waals surface area (Å²) >= 11 is 7.70. The Balaban J connectivity index is 2.60. The summed E-state index contributed by atoms with van der Waals surface area (Å²) < 4.78 is 0. The minimum absolute atomic E-state index is 0.213. The first-order valence-corrected chi connectivity index (χ1v) is 6.49. The number of dihydropyridines is 1. The number of amides is 3. The van der Waals surface area contributed by atoms with Crippen molar-refractivity contribution in [3.8, 4) is 0 Å². The SMILES string of the molecule is NC(=O)NC1(Cl)NC=CC(C(N)=O)=C1c1cccs1. The van der Waals surface area contributed by atoms with Crippen LogP contribution >= 0.6 is 22.9 Å². The number of halogens is 1. The van der Waals surface area contributed by atoms with Gasteiger partial charge in [0, 0.05) is 16.7 Å². The van der Waals surface area contributed by atoms with Gasteiger partial charge in [-0.2, -0.15) is 0 Å². The van der Waals surface area contributed by atoms with Gasteiger partial charge in [0.2, 0.25) is 11.0 Å². The number of urea groups is 1. The molecule has 0 bridgehead atoms. The highest BCUT2D eigenvalue weighted by Gasteiger charge is 2.38. The molecule has 0 saturated heterocycles. The van der Waals surface area contributed by atoms with Gasteiger partial charge in [0.05, 0.1) is 5.57 Å². The average molecular weight is 299 g/mol. The summed E-state index contributed by atoms with van der Waals surface area (Å²) in [7, 11) is 0. The summed E-state index contributed by atoms with van der Waals surface area (Å²) in [5.41, 5.74) is 11.0. The van der Waals surface area contributed by atoms with Crippen molar-refractivity contribution in [1.29, 1.82) is 0 Å². The summed E-state index contributed by atoms with van der Waals surface area (Å²) in [4.78, 5) is 23.3. The minimum atomic E-state index is -1.50. The van der Waals surface area contributed by atoms with Gasteiger partial charge in [0.25, 0.3) is 0 Å². The summed E-state index contributed by atoms with van der Waals surface area (Å²) in [5, 5.41) is 5.44. The molecule has 1 atom stereocenters. The van der Waals surface area contributed by atoms with Crippen LogP contribution in [-0.4, -0.2) is 17.1 Å². The van der Waals surface area contributed by atoms with Gasteiger partial charge in [0.1, 0.15) is 0 Å². The van der Waals surface area contributed by atoms with E-state index >= 15 is 0 Å². The highest BCUT2D eigenvalue weighted by atomic mass is 35.5. The van der Waals surface area contributed by atoms with Crippen LogP contribution in [0.1, 0.15) is 4.88 Å². The molecule has 2 heterocycles. The van der Waals surface area contributed by atoms with Crippen molar-refractivity contribution >= 4 is 40.4 Å². The van der Waals surface area contributed by atoms with Crippen LogP contribution < -0.4 is 22.1 Å². The van der Waals surface area contributed by atoms with Crippen LogP contribution in [0.25, 0.3) is 5.57 Å². The van der Waals surface area contributed by atoms with Gasteiger partial charge in [-0.1, -0.05) is 17.7 Å². The number of thiophene rings is 1. The van der Waals surface area contributed by atoms with Gasteiger partial charge in [-0.15, -0.1) is 11.3 Å². The molecule has 0 radical (unpaired) electrons. The van der Waals surface area contributed by atoms with E-state index in [9.17, 15) is 9.59 Å². The topological polar surface area (TPSA) is 110 Å². The third-order valence-corrected chi connectivity index (χ3v) is 3.75. The standard InChI is InChI=1S/C11H11ClN4O2S/c12-11(16-10(14)18)8(7-2-1-5-19-7)6(9(13)17)3-4-15-11/h1-5,15H,(H2,13,17)(H3,14,16,18). The predicted molar refractivity (Wildman–Crippen MR) is 74.0 cm³/mol. The smallest absolute Gasteiger partial charge is 0.315 e. The fourth-order valence-electron chi connectivity index (χ4n) is 1.78. The lowest BCUT2D eigenvalue weighted by Gasteiger charge is -2.33. The highest BCUT2D eigenvalue weighted by molar-refractivity contribution is 7.11. The molecule has 1 aromatic rings. The largest absolute Gasteiger partial charge is 0.366 e. The van der Waals surface area contributed by atoms with E-state index in [1.807, 2.05) is 5.38 Å². The van der Waals surface area contributed by atoms with E-state index in [2.05, 4.69) is 10.6 Å². The van der Waals surface area contributed by atoms with E-state index < -0.39 is 17.1 Å². The Kier molecular flexibility index (Phi) is 3.50. The van der Waals surface area contributed by atoms with E-state index in [-0.39, 0.29) is 5.57 Å². The van der Waals surface area contributed by atoms with Gasteiger partial charge < -0.3 is 16.8 Å². The van der Waals surface area contributed by atoms with E-state index in [1.165, 1.54) is 23.6 Å². The number of nitrogens with one attached hydrogen (secondary N) is 2. The number of rotatable bonds is 3. The number of carbonyl (C=O) groups is 2. The first kappa shape index (κ1) is 13.4. The molecule has 1 unspecified atom stereocenters. The highest BCUT2D eigenvalue weighted by Crippen LogP contribution is 2.37. The van der Waals surface area contributed by atoms with Crippen LogP contribution in [0.5, 0.6) is 0 Å². The van der Waals surface area contributed by atoms with E-state index in [0.717, 1.165) is 0 Å². The second-order valence-electron chi connectivity index (χ2n) is 3.76. The third kappa shape index (κ3) is 2.56. The van der Waals surface area contributed by atoms with Crippen molar-refractivity contribution in [1.82, 2.24) is 10.6 Å². The number of hydrogen-bond acceptors (Lipinski definition) is 4. The lowest BCUT2D eigenvalue weighted by atomic mass is 10.00. The molecule has 1 aliphatic rings. The molecule has 1 aliphatic heterocycles. The Morgan fingerprint density at radius 1 is 1.42 bits per heavy atom. The second kappa shape index (κ2) is 4.94. The Morgan fingerprint density at radius 3 is 2.68 bits per heavy atom. The second-order valence-corrected chi connectivity index (χ2v) is 5.27. The molecule has 0 aliphatic carbocycles. The van der Waals surface area contributed by atoms with Crippen LogP contribution in [0.2, 0.25) is 0 Å². The van der Waals surface area contributed by atoms with Crippen molar-refractivity contribution in [2.75, 3.05) is 0 Å². The van der Waals surface area contributed by atoms with Crippen LogP contribution in [0.3, 0.4) is 0 Å². The van der Waals surface area contributed by atoms with Crippen LogP contribution in [0.4, 0.5) is 4.79 Å². The summed E-state index contributed by atoms with van der Waals surface area (Å²) in [5.74, 6) is -0.641. The fourth-order valence-corrected chi connectivity index (χ4v) is 3.04. The molecule has 8 heteroatoms. The summed E-state index contributed by atoms with van der Waals surface area (Å²) in [6.07, 6.45) is 2.93. The molecule has 0 spiro atoms. The lowest BCUT2D eigenvalue weighted by Crippen LogP contribution is -2.56. The molecule has 6 N–H and O–H groups in total. The molecule has 2 rings (SSSR count). The van der Waals surface area contributed by atoms with Crippen molar-refractivity contribution in [2.24, 2.45) is 11.5 Å². The van der Waals surface area contributed by atoms with Crippen molar-refractivity contribution in [3.05, 3.63) is 40.2 Å².